The van der Waals surface area contributed by atoms with Crippen LogP contribution in [0.15, 0.2) is 24.3 Å². The topological polar surface area (TPSA) is 29.3 Å². The monoisotopic (exact) mass is 246 g/mol. The second kappa shape index (κ2) is 6.24. The minimum atomic E-state index is 0.171. The molecule has 100 valence electrons. The Labute approximate surface area is 111 Å². The molecular formula is C16H26N2. The zero-order valence-corrected chi connectivity index (χ0v) is 11.7. The predicted octanol–water partition coefficient (Wildman–Crippen LogP) is 3.72. The Morgan fingerprint density at radius 3 is 2.50 bits per heavy atom. The Morgan fingerprint density at radius 1 is 1.22 bits per heavy atom. The number of nitrogens with two attached hydrogens (primary N) is 1. The van der Waals surface area contributed by atoms with E-state index in [9.17, 15) is 0 Å². The van der Waals surface area contributed by atoms with Crippen molar-refractivity contribution in [2.24, 2.45) is 11.7 Å². The number of rotatable bonds is 4. The van der Waals surface area contributed by atoms with Crippen LogP contribution in [0.4, 0.5) is 5.69 Å². The zero-order valence-electron chi connectivity index (χ0n) is 11.7. The number of nitrogens with zero attached hydrogens (tertiary/aromatic N) is 1. The normalized spacial score (nSPS) is 18.9. The van der Waals surface area contributed by atoms with Crippen molar-refractivity contribution in [2.45, 2.75) is 45.6 Å². The van der Waals surface area contributed by atoms with Crippen LogP contribution in [0, 0.1) is 5.92 Å². The average Bonchev–Trinajstić information content (AvgIpc) is 2.46. The lowest BCUT2D eigenvalue weighted by Crippen LogP contribution is -2.34. The molecule has 2 N–H and O–H groups in total. The molecule has 1 fully saturated rings. The van der Waals surface area contributed by atoms with Gasteiger partial charge in [0.2, 0.25) is 0 Å². The molecule has 0 radical (unpaired) electrons. The third kappa shape index (κ3) is 2.86. The molecule has 1 aromatic rings. The zero-order chi connectivity index (χ0) is 13.0. The van der Waals surface area contributed by atoms with Gasteiger partial charge in [-0.25, -0.2) is 0 Å². The first-order valence-corrected chi connectivity index (χ1v) is 7.35. The standard InChI is InChI=1S/C16H26N2/c1-3-13-9-11-18(12-10-13)16-8-6-5-7-14(16)15(17)4-2/h5-8,13,15H,3-4,9-12,17H2,1-2H3. The van der Waals surface area contributed by atoms with Crippen molar-refractivity contribution in [1.29, 1.82) is 0 Å². The lowest BCUT2D eigenvalue weighted by atomic mass is 9.93. The quantitative estimate of drug-likeness (QED) is 0.877. The number of hydrogen-bond acceptors (Lipinski definition) is 2. The van der Waals surface area contributed by atoms with Crippen LogP contribution in [0.5, 0.6) is 0 Å². The van der Waals surface area contributed by atoms with Crippen LogP contribution in [-0.2, 0) is 0 Å². The molecule has 1 saturated heterocycles. The van der Waals surface area contributed by atoms with Crippen LogP contribution in [0.25, 0.3) is 0 Å². The number of hydrogen-bond donors (Lipinski definition) is 1. The van der Waals surface area contributed by atoms with Crippen LogP contribution < -0.4 is 10.6 Å². The van der Waals surface area contributed by atoms with Gasteiger partial charge < -0.3 is 10.6 Å². The molecule has 18 heavy (non-hydrogen) atoms. The molecule has 0 spiro atoms. The molecule has 1 aliphatic rings. The van der Waals surface area contributed by atoms with E-state index in [2.05, 4.69) is 43.0 Å². The highest BCUT2D eigenvalue weighted by molar-refractivity contribution is 5.55. The fourth-order valence-electron chi connectivity index (χ4n) is 2.89. The van der Waals surface area contributed by atoms with Gasteiger partial charge >= 0.3 is 0 Å². The molecule has 2 nitrogen and oxygen atoms in total. The summed E-state index contributed by atoms with van der Waals surface area (Å²) in [7, 11) is 0. The Hall–Kier alpha value is -1.02. The molecule has 0 bridgehead atoms. The fourth-order valence-corrected chi connectivity index (χ4v) is 2.89. The highest BCUT2D eigenvalue weighted by Crippen LogP contribution is 2.30. The maximum Gasteiger partial charge on any atom is 0.0414 e. The second-order valence-corrected chi connectivity index (χ2v) is 5.41. The van der Waals surface area contributed by atoms with Gasteiger partial charge in [0.1, 0.15) is 0 Å². The third-order valence-electron chi connectivity index (χ3n) is 4.31. The van der Waals surface area contributed by atoms with E-state index in [1.54, 1.807) is 0 Å². The smallest absolute Gasteiger partial charge is 0.0414 e. The van der Waals surface area contributed by atoms with Crippen LogP contribution in [0.1, 0.15) is 51.1 Å². The summed E-state index contributed by atoms with van der Waals surface area (Å²) < 4.78 is 0. The first-order valence-electron chi connectivity index (χ1n) is 7.35. The van der Waals surface area contributed by atoms with Crippen LogP contribution >= 0.6 is 0 Å². The number of benzene rings is 1. The maximum absolute atomic E-state index is 6.23. The lowest BCUT2D eigenvalue weighted by molar-refractivity contribution is 0.394. The molecule has 1 aliphatic heterocycles. The van der Waals surface area contributed by atoms with Gasteiger partial charge in [0.05, 0.1) is 0 Å². The summed E-state index contributed by atoms with van der Waals surface area (Å²) in [5, 5.41) is 0. The van der Waals surface area contributed by atoms with Gasteiger partial charge in [-0.1, -0.05) is 38.5 Å². The molecule has 0 amide bonds. The van der Waals surface area contributed by atoms with Gasteiger partial charge in [0.25, 0.3) is 0 Å². The molecule has 0 aliphatic carbocycles. The molecule has 0 aromatic heterocycles. The molecule has 0 saturated carbocycles. The molecule has 1 unspecified atom stereocenters. The minimum absolute atomic E-state index is 0.171. The second-order valence-electron chi connectivity index (χ2n) is 5.41. The molecule has 2 heteroatoms. The maximum atomic E-state index is 6.23. The number of para-hydroxylation sites is 1. The van der Waals surface area contributed by atoms with Crippen LogP contribution in [0.2, 0.25) is 0 Å². The third-order valence-corrected chi connectivity index (χ3v) is 4.31. The van der Waals surface area contributed by atoms with Gasteiger partial charge in [-0.3, -0.25) is 0 Å². The first-order chi connectivity index (χ1) is 8.76. The van der Waals surface area contributed by atoms with Crippen molar-refractivity contribution < 1.29 is 0 Å². The molecule has 1 aromatic carbocycles. The van der Waals surface area contributed by atoms with Crippen LogP contribution in [0.3, 0.4) is 0 Å². The molecule has 1 heterocycles. The summed E-state index contributed by atoms with van der Waals surface area (Å²) >= 11 is 0. The largest absolute Gasteiger partial charge is 0.371 e. The van der Waals surface area contributed by atoms with E-state index >= 15 is 0 Å². The average molecular weight is 246 g/mol. The predicted molar refractivity (Wildman–Crippen MR) is 78.9 cm³/mol. The Balaban J connectivity index is 2.13. The highest BCUT2D eigenvalue weighted by atomic mass is 15.1. The van der Waals surface area contributed by atoms with Crippen molar-refractivity contribution in [3.05, 3.63) is 29.8 Å². The van der Waals surface area contributed by atoms with Crippen molar-refractivity contribution in [3.8, 4) is 0 Å². The summed E-state index contributed by atoms with van der Waals surface area (Å²) in [6.07, 6.45) is 4.98. The lowest BCUT2D eigenvalue weighted by Gasteiger charge is -2.35. The van der Waals surface area contributed by atoms with Gasteiger partial charge in [0, 0.05) is 24.8 Å². The van der Waals surface area contributed by atoms with E-state index in [-0.39, 0.29) is 6.04 Å². The van der Waals surface area contributed by atoms with E-state index in [0.29, 0.717) is 0 Å². The molecule has 2 rings (SSSR count). The van der Waals surface area contributed by atoms with Crippen molar-refractivity contribution >= 4 is 5.69 Å². The van der Waals surface area contributed by atoms with Crippen molar-refractivity contribution in [1.82, 2.24) is 0 Å². The Bertz CT molecular complexity index is 367. The van der Waals surface area contributed by atoms with E-state index in [4.69, 9.17) is 5.73 Å². The van der Waals surface area contributed by atoms with Gasteiger partial charge in [0.15, 0.2) is 0 Å². The van der Waals surface area contributed by atoms with E-state index in [0.717, 1.165) is 12.3 Å². The Morgan fingerprint density at radius 2 is 1.89 bits per heavy atom. The summed E-state index contributed by atoms with van der Waals surface area (Å²) in [6, 6.07) is 8.83. The number of anilines is 1. The van der Waals surface area contributed by atoms with Crippen LogP contribution in [-0.4, -0.2) is 13.1 Å². The van der Waals surface area contributed by atoms with Gasteiger partial charge in [-0.05, 0) is 36.8 Å². The van der Waals surface area contributed by atoms with E-state index in [1.165, 1.54) is 43.6 Å². The van der Waals surface area contributed by atoms with Crippen molar-refractivity contribution in [2.75, 3.05) is 18.0 Å². The fraction of sp³-hybridized carbons (Fsp3) is 0.625. The van der Waals surface area contributed by atoms with E-state index < -0.39 is 0 Å². The first kappa shape index (κ1) is 13.4. The number of piperidine rings is 1. The molecular weight excluding hydrogens is 220 g/mol. The van der Waals surface area contributed by atoms with Crippen molar-refractivity contribution in [3.63, 3.8) is 0 Å². The summed E-state index contributed by atoms with van der Waals surface area (Å²) in [4.78, 5) is 2.52. The highest BCUT2D eigenvalue weighted by Gasteiger charge is 2.20. The Kier molecular flexibility index (Phi) is 4.65. The minimum Gasteiger partial charge on any atom is -0.371 e. The van der Waals surface area contributed by atoms with E-state index in [1.807, 2.05) is 0 Å². The summed E-state index contributed by atoms with van der Waals surface area (Å²) in [6.45, 7) is 6.84. The summed E-state index contributed by atoms with van der Waals surface area (Å²) in [5.41, 5.74) is 8.91. The van der Waals surface area contributed by atoms with Gasteiger partial charge in [-0.15, -0.1) is 0 Å². The molecule has 1 atom stereocenters. The van der Waals surface area contributed by atoms with Gasteiger partial charge in [-0.2, -0.15) is 0 Å². The SMILES string of the molecule is CCC1CCN(c2ccccc2C(N)CC)CC1. The summed E-state index contributed by atoms with van der Waals surface area (Å²) in [5.74, 6) is 0.924.